The number of hydrogen-bond acceptors (Lipinski definition) is 5. The zero-order valence-electron chi connectivity index (χ0n) is 21.6. The number of primary amides is 1. The van der Waals surface area contributed by atoms with Crippen molar-refractivity contribution in [3.63, 3.8) is 0 Å². The van der Waals surface area contributed by atoms with Crippen LogP contribution in [0, 0.1) is 6.92 Å². The van der Waals surface area contributed by atoms with Gasteiger partial charge >= 0.3 is 6.09 Å². The van der Waals surface area contributed by atoms with Gasteiger partial charge in [0.25, 0.3) is 0 Å². The van der Waals surface area contributed by atoms with Crippen LogP contribution in [0.5, 0.6) is 0 Å². The number of unbranched alkanes of at least 4 members (excludes halogenated alkanes) is 1. The van der Waals surface area contributed by atoms with E-state index in [9.17, 15) is 19.2 Å². The first-order valence-corrected chi connectivity index (χ1v) is 11.9. The summed E-state index contributed by atoms with van der Waals surface area (Å²) >= 11 is 0. The van der Waals surface area contributed by atoms with E-state index in [2.05, 4.69) is 17.2 Å². The highest BCUT2D eigenvalue weighted by Gasteiger charge is 2.36. The maximum atomic E-state index is 13.8. The molecule has 0 fully saturated rings. The number of ether oxygens (including phenoxy) is 1. The van der Waals surface area contributed by atoms with Gasteiger partial charge < -0.3 is 26.0 Å². The van der Waals surface area contributed by atoms with E-state index in [0.717, 1.165) is 18.4 Å². The van der Waals surface area contributed by atoms with E-state index in [1.807, 2.05) is 26.0 Å². The summed E-state index contributed by atoms with van der Waals surface area (Å²) in [6.45, 7) is 13.2. The first-order chi connectivity index (χ1) is 16.4. The Labute approximate surface area is 208 Å². The molecule has 0 aromatic heterocycles. The molecule has 9 nitrogen and oxygen atoms in total. The van der Waals surface area contributed by atoms with Gasteiger partial charge in [-0.2, -0.15) is 0 Å². The lowest BCUT2D eigenvalue weighted by molar-refractivity contribution is -0.142. The lowest BCUT2D eigenvalue weighted by Crippen LogP contribution is -2.53. The van der Waals surface area contributed by atoms with Gasteiger partial charge in [0.15, 0.2) is 0 Å². The van der Waals surface area contributed by atoms with Gasteiger partial charge in [-0.15, -0.1) is 6.58 Å². The van der Waals surface area contributed by atoms with Crippen LogP contribution in [-0.4, -0.2) is 53.4 Å². The zero-order chi connectivity index (χ0) is 26.6. The van der Waals surface area contributed by atoms with Gasteiger partial charge in [-0.3, -0.25) is 14.4 Å². The Kier molecular flexibility index (Phi) is 12.0. The molecule has 4 amide bonds. The average molecular weight is 489 g/mol. The number of nitrogens with two attached hydrogens (primary N) is 1. The molecule has 0 saturated heterocycles. The van der Waals surface area contributed by atoms with Crippen molar-refractivity contribution in [3.8, 4) is 0 Å². The minimum Gasteiger partial charge on any atom is -0.444 e. The van der Waals surface area contributed by atoms with Gasteiger partial charge in [0.2, 0.25) is 17.7 Å². The highest BCUT2D eigenvalue weighted by molar-refractivity contribution is 5.92. The second kappa shape index (κ2) is 14.1. The van der Waals surface area contributed by atoms with Crippen molar-refractivity contribution in [2.45, 2.75) is 78.0 Å². The van der Waals surface area contributed by atoms with Crippen LogP contribution in [0.3, 0.4) is 0 Å². The lowest BCUT2D eigenvalue weighted by atomic mass is 9.97. The smallest absolute Gasteiger partial charge is 0.408 e. The van der Waals surface area contributed by atoms with Crippen molar-refractivity contribution in [3.05, 3.63) is 48.0 Å². The number of benzene rings is 1. The minimum atomic E-state index is -1.13. The quantitative estimate of drug-likeness (QED) is 0.290. The number of amides is 4. The van der Waals surface area contributed by atoms with E-state index >= 15 is 0 Å². The van der Waals surface area contributed by atoms with Crippen LogP contribution in [-0.2, 0) is 19.1 Å². The number of carbonyl (C=O) groups is 4. The summed E-state index contributed by atoms with van der Waals surface area (Å²) in [4.78, 5) is 52.5. The second-order valence-electron chi connectivity index (χ2n) is 9.39. The summed E-state index contributed by atoms with van der Waals surface area (Å²) in [6.07, 6.45) is 2.23. The van der Waals surface area contributed by atoms with Gasteiger partial charge in [0, 0.05) is 19.5 Å². The van der Waals surface area contributed by atoms with Crippen LogP contribution in [0.15, 0.2) is 36.9 Å². The van der Waals surface area contributed by atoms with Crippen LogP contribution in [0.2, 0.25) is 0 Å². The zero-order valence-corrected chi connectivity index (χ0v) is 21.6. The lowest BCUT2D eigenvalue weighted by Gasteiger charge is -2.34. The summed E-state index contributed by atoms with van der Waals surface area (Å²) in [5, 5.41) is 5.46. The van der Waals surface area contributed by atoms with E-state index in [1.165, 1.54) is 11.0 Å². The van der Waals surface area contributed by atoms with Crippen molar-refractivity contribution in [2.75, 3.05) is 13.1 Å². The van der Waals surface area contributed by atoms with Crippen LogP contribution < -0.4 is 16.4 Å². The molecule has 1 aromatic rings. The molecule has 1 rings (SSSR count). The fourth-order valence-electron chi connectivity index (χ4n) is 3.48. The van der Waals surface area contributed by atoms with Crippen LogP contribution >= 0.6 is 0 Å². The fourth-order valence-corrected chi connectivity index (χ4v) is 3.48. The Hall–Kier alpha value is -3.36. The molecule has 35 heavy (non-hydrogen) atoms. The number of nitrogens with zero attached hydrogens (tertiary/aromatic N) is 1. The fraction of sp³-hybridized carbons (Fsp3) is 0.538. The molecule has 0 saturated carbocycles. The molecule has 0 aliphatic carbocycles. The monoisotopic (exact) mass is 488 g/mol. The maximum Gasteiger partial charge on any atom is 0.408 e. The van der Waals surface area contributed by atoms with Crippen molar-refractivity contribution < 1.29 is 23.9 Å². The average Bonchev–Trinajstić information content (AvgIpc) is 2.75. The Bertz CT molecular complexity index is 894. The Balaban J connectivity index is 3.41. The summed E-state index contributed by atoms with van der Waals surface area (Å²) in [5.41, 5.74) is 6.01. The molecule has 2 atom stereocenters. The van der Waals surface area contributed by atoms with E-state index in [-0.39, 0.29) is 25.3 Å². The number of rotatable bonds is 13. The van der Waals surface area contributed by atoms with E-state index in [1.54, 1.807) is 32.9 Å². The third-order valence-corrected chi connectivity index (χ3v) is 5.15. The summed E-state index contributed by atoms with van der Waals surface area (Å²) in [5.74, 6) is -1.50. The highest BCUT2D eigenvalue weighted by atomic mass is 16.6. The Morgan fingerprint density at radius 2 is 1.86 bits per heavy atom. The van der Waals surface area contributed by atoms with Crippen molar-refractivity contribution in [2.24, 2.45) is 5.73 Å². The maximum absolute atomic E-state index is 13.8. The molecule has 0 aliphatic rings. The van der Waals surface area contributed by atoms with Gasteiger partial charge in [-0.05, 0) is 51.7 Å². The topological polar surface area (TPSA) is 131 Å². The Morgan fingerprint density at radius 1 is 1.20 bits per heavy atom. The molecule has 194 valence electrons. The molecule has 0 aliphatic heterocycles. The third-order valence-electron chi connectivity index (χ3n) is 5.15. The number of aryl methyl sites for hydroxylation is 1. The van der Waals surface area contributed by atoms with Gasteiger partial charge in [0.1, 0.15) is 17.7 Å². The molecular formula is C26H40N4O5. The van der Waals surface area contributed by atoms with Crippen molar-refractivity contribution >= 4 is 23.8 Å². The summed E-state index contributed by atoms with van der Waals surface area (Å²) < 4.78 is 5.31. The van der Waals surface area contributed by atoms with Crippen LogP contribution in [0.25, 0.3) is 0 Å². The van der Waals surface area contributed by atoms with Gasteiger partial charge in [-0.25, -0.2) is 4.79 Å². The molecule has 2 unspecified atom stereocenters. The second-order valence-corrected chi connectivity index (χ2v) is 9.39. The molecular weight excluding hydrogens is 448 g/mol. The molecule has 0 radical (unpaired) electrons. The highest BCUT2D eigenvalue weighted by Crippen LogP contribution is 2.26. The molecule has 0 spiro atoms. The minimum absolute atomic E-state index is 0.0427. The number of carbonyl (C=O) groups excluding carboxylic acids is 4. The van der Waals surface area contributed by atoms with E-state index in [0.29, 0.717) is 12.1 Å². The van der Waals surface area contributed by atoms with Crippen LogP contribution in [0.4, 0.5) is 4.79 Å². The SMILES string of the molecule is C=CCN(C(=O)C(CCC(N)=O)NC(=O)OC(C)(C)C)C(C(=O)NCCCC)c1ccccc1C. The van der Waals surface area contributed by atoms with Crippen LogP contribution in [0.1, 0.15) is 70.5 Å². The number of nitrogens with one attached hydrogen (secondary N) is 2. The van der Waals surface area contributed by atoms with Gasteiger partial charge in [0.05, 0.1) is 0 Å². The molecule has 0 bridgehead atoms. The first-order valence-electron chi connectivity index (χ1n) is 11.9. The third kappa shape index (κ3) is 10.2. The van der Waals surface area contributed by atoms with Crippen molar-refractivity contribution in [1.29, 1.82) is 0 Å². The van der Waals surface area contributed by atoms with E-state index < -0.39 is 35.6 Å². The normalized spacial score (nSPS) is 12.7. The number of hydrogen-bond donors (Lipinski definition) is 3. The largest absolute Gasteiger partial charge is 0.444 e. The molecule has 0 heterocycles. The molecule has 9 heteroatoms. The molecule has 4 N–H and O–H groups in total. The van der Waals surface area contributed by atoms with Crippen molar-refractivity contribution in [1.82, 2.24) is 15.5 Å². The predicted molar refractivity (Wildman–Crippen MR) is 135 cm³/mol. The summed E-state index contributed by atoms with van der Waals surface area (Å²) in [7, 11) is 0. The Morgan fingerprint density at radius 3 is 2.40 bits per heavy atom. The standard InChI is InChI=1S/C26H40N4O5/c1-7-9-16-28-23(32)22(19-13-11-10-12-18(19)3)30(17-8-2)24(33)20(14-15-21(27)31)29-25(34)35-26(4,5)6/h8,10-13,20,22H,2,7,9,14-17H2,1,3-6H3,(H2,27,31)(H,28,32)(H,29,34). The number of alkyl carbamates (subject to hydrolysis) is 1. The predicted octanol–water partition coefficient (Wildman–Crippen LogP) is 3.13. The summed E-state index contributed by atoms with van der Waals surface area (Å²) in [6, 6.07) is 5.21. The first kappa shape index (κ1) is 29.7. The molecule has 1 aromatic carbocycles. The van der Waals surface area contributed by atoms with Gasteiger partial charge in [-0.1, -0.05) is 43.7 Å². The van der Waals surface area contributed by atoms with E-state index in [4.69, 9.17) is 10.5 Å².